The first-order chi connectivity index (χ1) is 50.0. The van der Waals surface area contributed by atoms with E-state index in [9.17, 15) is 72.2 Å². The van der Waals surface area contributed by atoms with Crippen LogP contribution in [0.15, 0.2) is 136 Å². The number of rotatable bonds is 18. The van der Waals surface area contributed by atoms with Gasteiger partial charge >= 0.3 is 42.6 Å². The van der Waals surface area contributed by atoms with E-state index in [4.69, 9.17) is 19.3 Å². The number of aliphatic hydroxyl groups is 1. The van der Waals surface area contributed by atoms with Crippen molar-refractivity contribution in [3.8, 4) is 5.75 Å². The number of aromatic carboxylic acids is 1. The van der Waals surface area contributed by atoms with Crippen LogP contribution in [-0.4, -0.2) is 116 Å². The van der Waals surface area contributed by atoms with Gasteiger partial charge in [-0.1, -0.05) is 89.4 Å². The Bertz CT molecular complexity index is 4030. The lowest BCUT2D eigenvalue weighted by atomic mass is 9.82. The van der Waals surface area contributed by atoms with Gasteiger partial charge in [0.15, 0.2) is 10.1 Å². The van der Waals surface area contributed by atoms with Gasteiger partial charge in [-0.05, 0) is 229 Å². The van der Waals surface area contributed by atoms with Crippen LogP contribution in [-0.2, 0) is 40.7 Å². The lowest BCUT2D eigenvalue weighted by molar-refractivity contribution is -0.138. The Kier molecular flexibility index (Phi) is 28.5. The van der Waals surface area contributed by atoms with Crippen molar-refractivity contribution in [2.45, 2.75) is 208 Å². The molecule has 3 heterocycles. The molecule has 566 valence electrons. The van der Waals surface area contributed by atoms with E-state index in [0.717, 1.165) is 185 Å². The number of esters is 2. The Hall–Kier alpha value is -8.10. The summed E-state index contributed by atoms with van der Waals surface area (Å²) in [6.45, 7) is 4.43. The van der Waals surface area contributed by atoms with Gasteiger partial charge in [0.25, 0.3) is 0 Å². The van der Waals surface area contributed by atoms with Crippen LogP contribution < -0.4 is 4.74 Å². The summed E-state index contributed by atoms with van der Waals surface area (Å²) in [6.07, 6.45) is -3.84. The molecule has 4 aliphatic rings. The fourth-order valence-electron chi connectivity index (χ4n) is 13.0. The van der Waals surface area contributed by atoms with Crippen molar-refractivity contribution in [3.05, 3.63) is 188 Å². The van der Waals surface area contributed by atoms with E-state index in [0.29, 0.717) is 27.5 Å². The van der Waals surface area contributed by atoms with Gasteiger partial charge < -0.3 is 24.4 Å². The third kappa shape index (κ3) is 23.2. The molecule has 12 rings (SSSR count). The number of nitrogens with one attached hydrogen (secondary N) is 2. The largest absolute Gasteiger partial charge is 0.497 e. The SMILES string of the molecule is CCOC(=O)c1n[nH]nc1SC1CCC(c2ccc(C(F)(F)F)cc2)CC1.CCOC(=O)c1nnn(Cc2ccc(OC)cc2)c1SC1CCC(c2ccc(C(F)(F)F)cc2)CC1.O=C(O)c1n[nH]nc1SC1CCC(c2ccc(C(F)(F)F)cc2)CC1.OC1CCC(c2ccc(C(F)(F)F)cc2)CC1. The number of aliphatic hydroxyl groups excluding tert-OH is 1. The van der Waals surface area contributed by atoms with Gasteiger partial charge in [0.1, 0.15) is 10.8 Å². The molecule has 0 atom stereocenters. The van der Waals surface area contributed by atoms with E-state index in [1.165, 1.54) is 23.5 Å². The van der Waals surface area contributed by atoms with Gasteiger partial charge in [-0.3, -0.25) is 0 Å². The van der Waals surface area contributed by atoms with Crippen LogP contribution in [0.1, 0.15) is 222 Å². The highest BCUT2D eigenvalue weighted by molar-refractivity contribution is 8.00. The Morgan fingerprint density at radius 1 is 0.448 bits per heavy atom. The summed E-state index contributed by atoms with van der Waals surface area (Å²) in [6, 6.07) is 29.3. The lowest BCUT2D eigenvalue weighted by Crippen LogP contribution is -2.17. The van der Waals surface area contributed by atoms with Crippen LogP contribution in [0.25, 0.3) is 0 Å². The molecule has 0 saturated heterocycles. The number of ether oxygens (including phenoxy) is 3. The van der Waals surface area contributed by atoms with Crippen LogP contribution in [0.5, 0.6) is 5.75 Å². The molecule has 0 amide bonds. The number of benzene rings is 5. The number of carbonyl (C=O) groups is 3. The van der Waals surface area contributed by atoms with Crippen molar-refractivity contribution in [3.63, 3.8) is 0 Å². The maximum absolute atomic E-state index is 12.9. The average molecular weight is 1530 g/mol. The van der Waals surface area contributed by atoms with Gasteiger partial charge in [-0.25, -0.2) is 19.1 Å². The number of H-pyrrole nitrogens is 2. The Morgan fingerprint density at radius 3 is 1.10 bits per heavy atom. The maximum Gasteiger partial charge on any atom is 0.416 e. The van der Waals surface area contributed by atoms with Gasteiger partial charge in [0.2, 0.25) is 17.1 Å². The number of carboxylic acids is 1. The molecule has 32 heteroatoms. The first-order valence-corrected chi connectivity index (χ1v) is 36.9. The van der Waals surface area contributed by atoms with Crippen molar-refractivity contribution in [1.82, 2.24) is 45.8 Å². The molecule has 4 N–H and O–H groups in total. The van der Waals surface area contributed by atoms with Crippen molar-refractivity contribution in [2.75, 3.05) is 20.3 Å². The minimum absolute atomic E-state index is 0.0742. The highest BCUT2D eigenvalue weighted by Gasteiger charge is 2.36. The summed E-state index contributed by atoms with van der Waals surface area (Å²) >= 11 is 4.47. The van der Waals surface area contributed by atoms with Crippen molar-refractivity contribution < 1.29 is 91.5 Å². The van der Waals surface area contributed by atoms with Gasteiger partial charge in [-0.2, -0.15) is 63.1 Å². The standard InChI is InChI=1S/C26H28F3N3O3S.C18H20F3N3O2S.C16H16F3N3O2S.C13H15F3O/c1-3-35-25(33)23-24(32(31-30-23)16-17-4-12-21(34-2)13-5-17)36-22-14-8-19(9-15-22)18-6-10-20(11-7-18)26(27,28)29;1-2-26-17(25)15-16(23-24-22-15)27-14-9-5-12(6-10-14)11-3-7-13(8-4-11)18(19,20)21;17-16(18,19)11-5-1-9(2-6-11)10-3-7-12(8-4-10)25-14-13(15(23)24)20-22-21-14;14-13(15,16)11-5-1-9(2-6-11)10-3-7-12(17)8-4-10/h4-7,10-13,19,22H,3,8-9,14-16H2,1-2H3;3-4,7-8,12,14H,2,5-6,9-10H2,1H3,(H,22,23,24);1-2,5-6,10,12H,3-4,7-8H2,(H,23,24)(H,20,21,22);1-2,5-6,10,12,17H,3-4,7-8H2. The third-order valence-electron chi connectivity index (χ3n) is 18.7. The second-order valence-corrected chi connectivity index (χ2v) is 29.6. The topological polar surface area (TPSA) is 233 Å². The number of aromatic amines is 2. The van der Waals surface area contributed by atoms with Gasteiger partial charge in [-0.15, -0.1) is 37.3 Å². The molecule has 0 aliphatic heterocycles. The normalized spacial score (nSPS) is 20.7. The summed E-state index contributed by atoms with van der Waals surface area (Å²) < 4.78 is 169. The molecular formula is C73H79F12N9O8S3. The highest BCUT2D eigenvalue weighted by Crippen LogP contribution is 2.45. The number of halogens is 12. The third-order valence-corrected chi connectivity index (χ3v) is 22.8. The van der Waals surface area contributed by atoms with Gasteiger partial charge in [0, 0.05) is 15.7 Å². The molecule has 0 unspecified atom stereocenters. The maximum atomic E-state index is 12.9. The molecule has 4 fully saturated rings. The van der Waals surface area contributed by atoms with E-state index in [1.807, 2.05) is 24.3 Å². The van der Waals surface area contributed by atoms with E-state index in [2.05, 4.69) is 41.1 Å². The number of nitrogens with zero attached hydrogens (tertiary/aromatic N) is 7. The van der Waals surface area contributed by atoms with Crippen LogP contribution in [0.4, 0.5) is 52.7 Å². The summed E-state index contributed by atoms with van der Waals surface area (Å²) in [7, 11) is 1.61. The van der Waals surface area contributed by atoms with Crippen LogP contribution in [0, 0.1) is 0 Å². The Balaban J connectivity index is 0.000000167. The molecule has 0 radical (unpaired) electrons. The predicted octanol–water partition coefficient (Wildman–Crippen LogP) is 19.2. The van der Waals surface area contributed by atoms with E-state index >= 15 is 0 Å². The van der Waals surface area contributed by atoms with E-state index < -0.39 is 64.9 Å². The number of hydrogen-bond acceptors (Lipinski definition) is 16. The van der Waals surface area contributed by atoms with Crippen molar-refractivity contribution in [2.24, 2.45) is 0 Å². The number of thioether (sulfide) groups is 3. The zero-order valence-corrected chi connectivity index (χ0v) is 59.8. The summed E-state index contributed by atoms with van der Waals surface area (Å²) in [5, 5.41) is 49.3. The van der Waals surface area contributed by atoms with E-state index in [-0.39, 0.29) is 69.9 Å². The van der Waals surface area contributed by atoms with E-state index in [1.54, 1.807) is 85.9 Å². The molecular weight excluding hydrogens is 1460 g/mol. The minimum Gasteiger partial charge on any atom is -0.497 e. The zero-order valence-electron chi connectivity index (χ0n) is 57.3. The average Bonchev–Trinajstić information content (AvgIpc) is 1.56. The summed E-state index contributed by atoms with van der Waals surface area (Å²) in [5.41, 5.74) is 2.60. The minimum atomic E-state index is -4.33. The summed E-state index contributed by atoms with van der Waals surface area (Å²) in [4.78, 5) is 35.5. The molecule has 105 heavy (non-hydrogen) atoms. The molecule has 8 aromatic rings. The smallest absolute Gasteiger partial charge is 0.416 e. The monoisotopic (exact) mass is 1530 g/mol. The first kappa shape index (κ1) is 81.0. The van der Waals surface area contributed by atoms with Crippen LogP contribution in [0.3, 0.4) is 0 Å². The quantitative estimate of drug-likeness (QED) is 0.0462. The predicted molar refractivity (Wildman–Crippen MR) is 369 cm³/mol. The molecule has 5 aromatic carbocycles. The molecule has 17 nitrogen and oxygen atoms in total. The highest BCUT2D eigenvalue weighted by atomic mass is 32.2. The second-order valence-electron chi connectivity index (χ2n) is 25.7. The fraction of sp³-hybridized carbons (Fsp3) is 0.466. The second kappa shape index (κ2) is 36.9. The first-order valence-electron chi connectivity index (χ1n) is 34.3. The number of carbonyl (C=O) groups excluding carboxylic acids is 2. The number of alkyl halides is 12. The number of aromatic nitrogens is 9. The Morgan fingerprint density at radius 2 is 0.771 bits per heavy atom. The molecule has 0 spiro atoms. The molecule has 4 aliphatic carbocycles. The molecule has 4 saturated carbocycles. The fourth-order valence-corrected chi connectivity index (χ4v) is 16.6. The van der Waals surface area contributed by atoms with Crippen LogP contribution >= 0.6 is 35.3 Å². The number of hydrogen-bond donors (Lipinski definition) is 4. The number of methoxy groups -OCH3 is 1. The zero-order chi connectivity index (χ0) is 75.6. The van der Waals surface area contributed by atoms with Crippen molar-refractivity contribution >= 4 is 53.2 Å². The lowest BCUT2D eigenvalue weighted by Gasteiger charge is -2.28. The van der Waals surface area contributed by atoms with Gasteiger partial charge in [0.05, 0.1) is 55.2 Å². The molecule has 3 aromatic heterocycles. The number of carboxylic acid groups (broad SMARTS) is 1. The summed E-state index contributed by atoms with van der Waals surface area (Å²) in [5.74, 6) is -0.358. The molecule has 0 bridgehead atoms. The van der Waals surface area contributed by atoms with Crippen molar-refractivity contribution in [1.29, 1.82) is 0 Å². The van der Waals surface area contributed by atoms with Crippen LogP contribution in [0.2, 0.25) is 0 Å². The Labute approximate surface area is 610 Å².